The molecule has 37 heavy (non-hydrogen) atoms. The highest BCUT2D eigenvalue weighted by Crippen LogP contribution is 2.42. The molecule has 194 valence electrons. The van der Waals surface area contributed by atoms with E-state index in [1.54, 1.807) is 0 Å². The summed E-state index contributed by atoms with van der Waals surface area (Å²) < 4.78 is 58.5. The number of nitrogens with zero attached hydrogens (tertiary/aromatic N) is 3. The SMILES string of the molecule is C=CCOC(=O)C1=C(C)N(c2cccc(C(F)(F)F)c2)C(=O)N(C)[C@@H]1c1ccc(C#N)cc1S(=C)(C)=O. The van der Waals surface area contributed by atoms with Gasteiger partial charge in [-0.15, -0.1) is 0 Å². The first-order valence-electron chi connectivity index (χ1n) is 10.8. The Balaban J connectivity index is 2.33. The van der Waals surface area contributed by atoms with E-state index in [1.165, 1.54) is 50.6 Å². The number of allylic oxidation sites excluding steroid dienone is 1. The lowest BCUT2D eigenvalue weighted by molar-refractivity contribution is -0.139. The highest BCUT2D eigenvalue weighted by molar-refractivity contribution is 7.99. The quantitative estimate of drug-likeness (QED) is 0.301. The topological polar surface area (TPSA) is 90.7 Å². The summed E-state index contributed by atoms with van der Waals surface area (Å²) in [7, 11) is -1.58. The monoisotopic (exact) mass is 531 g/mol. The minimum absolute atomic E-state index is 0.0310. The normalized spacial score (nSPS) is 17.8. The third-order valence-corrected chi connectivity index (χ3v) is 7.05. The van der Waals surface area contributed by atoms with Gasteiger partial charge in [0.25, 0.3) is 0 Å². The van der Waals surface area contributed by atoms with Crippen molar-refractivity contribution in [2.45, 2.75) is 24.0 Å². The van der Waals surface area contributed by atoms with Crippen molar-refractivity contribution in [2.24, 2.45) is 0 Å². The summed E-state index contributed by atoms with van der Waals surface area (Å²) in [5.41, 5.74) is -0.634. The van der Waals surface area contributed by atoms with Crippen LogP contribution in [0.2, 0.25) is 0 Å². The van der Waals surface area contributed by atoms with Crippen LogP contribution < -0.4 is 4.90 Å². The van der Waals surface area contributed by atoms with E-state index in [2.05, 4.69) is 12.4 Å². The molecule has 1 aliphatic rings. The van der Waals surface area contributed by atoms with Crippen LogP contribution in [-0.4, -0.2) is 46.9 Å². The van der Waals surface area contributed by atoms with E-state index in [0.717, 1.165) is 28.0 Å². The fraction of sp³-hybridized carbons (Fsp3) is 0.231. The Kier molecular flexibility index (Phi) is 7.55. The van der Waals surface area contributed by atoms with E-state index in [9.17, 15) is 32.2 Å². The molecule has 2 amide bonds. The molecule has 3 rings (SSSR count). The van der Waals surface area contributed by atoms with Crippen LogP contribution >= 0.6 is 0 Å². The van der Waals surface area contributed by atoms with Gasteiger partial charge in [-0.1, -0.05) is 24.8 Å². The molecule has 1 unspecified atom stereocenters. The number of benzene rings is 2. The number of alkyl halides is 3. The van der Waals surface area contributed by atoms with Crippen molar-refractivity contribution < 1.29 is 31.7 Å². The maximum absolute atomic E-state index is 13.6. The number of halogens is 3. The Labute approximate surface area is 213 Å². The Morgan fingerprint density at radius 1 is 1.27 bits per heavy atom. The second-order valence-corrected chi connectivity index (χ2v) is 10.9. The molecule has 2 aromatic carbocycles. The van der Waals surface area contributed by atoms with E-state index >= 15 is 0 Å². The zero-order valence-corrected chi connectivity index (χ0v) is 21.2. The van der Waals surface area contributed by atoms with Gasteiger partial charge in [0.05, 0.1) is 34.5 Å². The molecular formula is C26H24F3N3O4S. The average Bonchev–Trinajstić information content (AvgIpc) is 2.83. The molecule has 0 bridgehead atoms. The molecule has 0 saturated carbocycles. The number of anilines is 1. The van der Waals surface area contributed by atoms with Crippen LogP contribution in [0, 0.1) is 11.3 Å². The number of nitriles is 1. The molecule has 0 fully saturated rings. The highest BCUT2D eigenvalue weighted by atomic mass is 32.2. The molecular weight excluding hydrogens is 507 g/mol. The van der Waals surface area contributed by atoms with Gasteiger partial charge in [-0.3, -0.25) is 9.11 Å². The fourth-order valence-electron chi connectivity index (χ4n) is 4.09. The summed E-state index contributed by atoms with van der Waals surface area (Å²) in [6, 6.07) is 8.56. The van der Waals surface area contributed by atoms with E-state index in [-0.39, 0.29) is 39.6 Å². The minimum Gasteiger partial charge on any atom is -0.458 e. The van der Waals surface area contributed by atoms with Gasteiger partial charge >= 0.3 is 18.2 Å². The van der Waals surface area contributed by atoms with Crippen molar-refractivity contribution in [2.75, 3.05) is 24.8 Å². The number of urea groups is 1. The smallest absolute Gasteiger partial charge is 0.416 e. The number of esters is 1. The molecule has 1 heterocycles. The Morgan fingerprint density at radius 2 is 1.95 bits per heavy atom. The average molecular weight is 532 g/mol. The Morgan fingerprint density at radius 3 is 2.51 bits per heavy atom. The van der Waals surface area contributed by atoms with Crippen LogP contribution in [0.5, 0.6) is 0 Å². The van der Waals surface area contributed by atoms with Crippen LogP contribution in [0.25, 0.3) is 0 Å². The Bertz CT molecular complexity index is 1460. The van der Waals surface area contributed by atoms with Gasteiger partial charge in [0.1, 0.15) is 6.61 Å². The highest BCUT2D eigenvalue weighted by Gasteiger charge is 2.43. The first kappa shape index (κ1) is 27.5. The number of hydrogen-bond acceptors (Lipinski definition) is 5. The number of likely N-dealkylation sites (N-methyl/N-ethyl adjacent to an activating group) is 1. The fourth-order valence-corrected chi connectivity index (χ4v) is 5.14. The van der Waals surface area contributed by atoms with Gasteiger partial charge in [0, 0.05) is 23.9 Å². The maximum atomic E-state index is 13.6. The van der Waals surface area contributed by atoms with Crippen molar-refractivity contribution in [3.63, 3.8) is 0 Å². The van der Waals surface area contributed by atoms with E-state index in [1.807, 2.05) is 6.07 Å². The van der Waals surface area contributed by atoms with Gasteiger partial charge < -0.3 is 9.64 Å². The van der Waals surface area contributed by atoms with Crippen LogP contribution in [0.1, 0.15) is 29.7 Å². The molecule has 0 aromatic heterocycles. The standard InChI is InChI=1S/C26H24F3N3O4S/c1-6-12-36-24(33)22-16(2)32(19-9-7-8-18(14-19)26(27,28)29)25(34)31(3)23(22)20-11-10-17(15-30)13-21(20)37(4,5)35/h6-11,13-14,23H,1,4,12H2,2-3,5H3/t23-,37?/m1/s1. The van der Waals surface area contributed by atoms with Crippen molar-refractivity contribution in [3.8, 4) is 6.07 Å². The third-order valence-electron chi connectivity index (χ3n) is 5.77. The summed E-state index contributed by atoms with van der Waals surface area (Å²) in [5.74, 6) is 2.86. The van der Waals surface area contributed by atoms with Gasteiger partial charge in [-0.05, 0) is 58.2 Å². The minimum atomic E-state index is -4.65. The van der Waals surface area contributed by atoms with Crippen molar-refractivity contribution >= 4 is 33.1 Å². The molecule has 0 saturated heterocycles. The van der Waals surface area contributed by atoms with Gasteiger partial charge in [0.2, 0.25) is 0 Å². The number of amides is 2. The summed E-state index contributed by atoms with van der Waals surface area (Å²) in [6.45, 7) is 4.76. The van der Waals surface area contributed by atoms with Crippen LogP contribution in [0.15, 0.2) is 71.3 Å². The van der Waals surface area contributed by atoms with Gasteiger partial charge in [-0.25, -0.2) is 9.59 Å². The third kappa shape index (κ3) is 5.39. The number of rotatable bonds is 6. The molecule has 11 heteroatoms. The predicted molar refractivity (Wildman–Crippen MR) is 134 cm³/mol. The van der Waals surface area contributed by atoms with Gasteiger partial charge in [0.15, 0.2) is 0 Å². The van der Waals surface area contributed by atoms with Crippen LogP contribution in [0.3, 0.4) is 0 Å². The van der Waals surface area contributed by atoms with E-state index in [4.69, 9.17) is 4.74 Å². The number of carbonyl (C=O) groups is 2. The largest absolute Gasteiger partial charge is 0.458 e. The summed E-state index contributed by atoms with van der Waals surface area (Å²) >= 11 is 0. The predicted octanol–water partition coefficient (Wildman–Crippen LogP) is 4.90. The lowest BCUT2D eigenvalue weighted by Crippen LogP contribution is -2.49. The summed E-state index contributed by atoms with van der Waals surface area (Å²) in [4.78, 5) is 29.2. The second kappa shape index (κ2) is 10.1. The van der Waals surface area contributed by atoms with Gasteiger partial charge in [-0.2, -0.15) is 18.4 Å². The molecule has 0 N–H and O–H groups in total. The lowest BCUT2D eigenvalue weighted by atomic mass is 9.92. The molecule has 2 atom stereocenters. The van der Waals surface area contributed by atoms with Crippen LogP contribution in [-0.2, 0) is 25.2 Å². The van der Waals surface area contributed by atoms with Crippen molar-refractivity contribution in [1.29, 1.82) is 5.26 Å². The van der Waals surface area contributed by atoms with Crippen molar-refractivity contribution in [3.05, 3.63) is 83.1 Å². The first-order valence-corrected chi connectivity index (χ1v) is 12.9. The lowest BCUT2D eigenvalue weighted by Gasteiger charge is -2.41. The van der Waals surface area contributed by atoms with E-state index < -0.39 is 39.3 Å². The van der Waals surface area contributed by atoms with Crippen LogP contribution in [0.4, 0.5) is 23.7 Å². The molecule has 0 spiro atoms. The molecule has 1 aliphatic heterocycles. The molecule has 0 radical (unpaired) electrons. The molecule has 7 nitrogen and oxygen atoms in total. The number of carbonyl (C=O) groups excluding carboxylic acids is 2. The number of hydrogen-bond donors (Lipinski definition) is 0. The van der Waals surface area contributed by atoms with E-state index in [0.29, 0.717) is 0 Å². The summed E-state index contributed by atoms with van der Waals surface area (Å²) in [5, 5.41) is 9.34. The molecule has 2 aromatic rings. The Hall–Kier alpha value is -4.04. The molecule has 0 aliphatic carbocycles. The zero-order chi connectivity index (χ0) is 27.7. The second-order valence-electron chi connectivity index (χ2n) is 8.44. The summed E-state index contributed by atoms with van der Waals surface area (Å²) in [6.07, 6.45) is -1.95. The first-order chi connectivity index (χ1) is 17.2. The zero-order valence-electron chi connectivity index (χ0n) is 20.3. The van der Waals surface area contributed by atoms with Crippen molar-refractivity contribution in [1.82, 2.24) is 4.90 Å². The maximum Gasteiger partial charge on any atom is 0.416 e. The number of ether oxygens (including phenoxy) is 1.